The van der Waals surface area contributed by atoms with Crippen molar-refractivity contribution < 1.29 is 9.59 Å². The van der Waals surface area contributed by atoms with Crippen molar-refractivity contribution >= 4 is 11.8 Å². The summed E-state index contributed by atoms with van der Waals surface area (Å²) in [4.78, 5) is 25.1. The van der Waals surface area contributed by atoms with Crippen LogP contribution in [0.25, 0.3) is 0 Å². The van der Waals surface area contributed by atoms with E-state index in [1.807, 2.05) is 30.3 Å². The number of amides is 2. The van der Waals surface area contributed by atoms with E-state index in [4.69, 9.17) is 0 Å². The molecule has 2 atom stereocenters. The topological polar surface area (TPSA) is 58.2 Å². The first-order chi connectivity index (χ1) is 12.3. The van der Waals surface area contributed by atoms with Gasteiger partial charge >= 0.3 is 6.03 Å². The molecule has 26 heavy (non-hydrogen) atoms. The summed E-state index contributed by atoms with van der Waals surface area (Å²) >= 11 is 0. The quantitative estimate of drug-likeness (QED) is 0.810. The molecule has 0 unspecified atom stereocenters. The van der Waals surface area contributed by atoms with Gasteiger partial charge < -0.3 is 10.6 Å². The maximum absolute atomic E-state index is 13.1. The van der Waals surface area contributed by atoms with Crippen molar-refractivity contribution in [1.82, 2.24) is 10.6 Å². The average Bonchev–Trinajstić information content (AvgIpc) is 2.61. The van der Waals surface area contributed by atoms with Gasteiger partial charge in [0, 0.05) is 11.3 Å². The van der Waals surface area contributed by atoms with Crippen molar-refractivity contribution in [3.8, 4) is 0 Å². The van der Waals surface area contributed by atoms with E-state index in [0.29, 0.717) is 11.3 Å². The van der Waals surface area contributed by atoms with Gasteiger partial charge in [-0.05, 0) is 16.5 Å². The predicted octanol–water partition coefficient (Wildman–Crippen LogP) is 4.35. The summed E-state index contributed by atoms with van der Waals surface area (Å²) in [6.07, 6.45) is 0. The van der Waals surface area contributed by atoms with Gasteiger partial charge in [0.05, 0.1) is 12.0 Å². The Bertz CT molecular complexity index is 833. The average molecular weight is 348 g/mol. The fraction of sp³-hybridized carbons (Fsp3) is 0.273. The monoisotopic (exact) mass is 348 g/mol. The van der Waals surface area contributed by atoms with Crippen LogP contribution in [0, 0.1) is 5.92 Å². The third kappa shape index (κ3) is 3.54. The molecule has 0 bridgehead atoms. The zero-order chi connectivity index (χ0) is 18.9. The number of nitrogens with one attached hydrogen (secondary N) is 2. The van der Waals surface area contributed by atoms with Crippen molar-refractivity contribution in [2.45, 2.75) is 32.2 Å². The zero-order valence-electron chi connectivity index (χ0n) is 15.4. The molecule has 4 nitrogen and oxygen atoms in total. The Hall–Kier alpha value is -2.88. The van der Waals surface area contributed by atoms with Gasteiger partial charge in [0.1, 0.15) is 0 Å². The van der Waals surface area contributed by atoms with E-state index in [-0.39, 0.29) is 17.2 Å². The van der Waals surface area contributed by atoms with Gasteiger partial charge in [-0.25, -0.2) is 4.79 Å². The third-order valence-corrected chi connectivity index (χ3v) is 4.75. The van der Waals surface area contributed by atoms with Gasteiger partial charge in [-0.3, -0.25) is 4.79 Å². The Morgan fingerprint density at radius 1 is 1.00 bits per heavy atom. The molecule has 2 amide bonds. The van der Waals surface area contributed by atoms with Gasteiger partial charge in [-0.1, -0.05) is 81.9 Å². The first kappa shape index (κ1) is 17.9. The largest absolute Gasteiger partial charge is 0.330 e. The first-order valence-electron chi connectivity index (χ1n) is 8.73. The number of ketones is 1. The molecule has 134 valence electrons. The summed E-state index contributed by atoms with van der Waals surface area (Å²) in [7, 11) is 0. The number of benzene rings is 2. The molecule has 4 heteroatoms. The molecule has 2 aromatic carbocycles. The van der Waals surface area contributed by atoms with Gasteiger partial charge in [0.25, 0.3) is 0 Å². The van der Waals surface area contributed by atoms with Crippen molar-refractivity contribution in [1.29, 1.82) is 0 Å². The zero-order valence-corrected chi connectivity index (χ0v) is 15.4. The number of Topliss-reactive ketones (excluding diaryl/α,β-unsaturated/α-hetero) is 1. The Morgan fingerprint density at radius 3 is 2.19 bits per heavy atom. The van der Waals surface area contributed by atoms with Crippen LogP contribution in [-0.4, -0.2) is 11.8 Å². The molecule has 0 radical (unpaired) electrons. The Kier molecular flexibility index (Phi) is 4.68. The van der Waals surface area contributed by atoms with E-state index in [0.717, 1.165) is 5.56 Å². The van der Waals surface area contributed by atoms with E-state index in [2.05, 4.69) is 50.1 Å². The molecular weight excluding hydrogens is 324 g/mol. The predicted molar refractivity (Wildman–Crippen MR) is 103 cm³/mol. The summed E-state index contributed by atoms with van der Waals surface area (Å²) in [6, 6.07) is 16.4. The Labute approximate surface area is 154 Å². The normalized spacial score (nSPS) is 20.3. The summed E-state index contributed by atoms with van der Waals surface area (Å²) < 4.78 is 0. The second-order valence-electron chi connectivity index (χ2n) is 7.68. The summed E-state index contributed by atoms with van der Waals surface area (Å²) in [6.45, 7) is 10.4. The van der Waals surface area contributed by atoms with E-state index >= 15 is 0 Å². The number of rotatable bonds is 3. The van der Waals surface area contributed by atoms with E-state index in [9.17, 15) is 9.59 Å². The minimum atomic E-state index is -0.560. The van der Waals surface area contributed by atoms with Crippen molar-refractivity contribution in [2.75, 3.05) is 0 Å². The van der Waals surface area contributed by atoms with Crippen LogP contribution >= 0.6 is 0 Å². The molecule has 0 aromatic heterocycles. The summed E-state index contributed by atoms with van der Waals surface area (Å²) in [5, 5.41) is 5.54. The molecule has 1 aliphatic rings. The van der Waals surface area contributed by atoms with Crippen molar-refractivity contribution in [2.24, 2.45) is 5.92 Å². The Morgan fingerprint density at radius 2 is 1.62 bits per heavy atom. The maximum Gasteiger partial charge on any atom is 0.319 e. The third-order valence-electron chi connectivity index (χ3n) is 4.75. The highest BCUT2D eigenvalue weighted by Crippen LogP contribution is 2.33. The molecule has 2 N–H and O–H groups in total. The summed E-state index contributed by atoms with van der Waals surface area (Å²) in [5.74, 6) is -0.622. The standard InChI is InChI=1S/C22H24N2O2/c1-14-18(20(25)16-8-6-5-7-9-16)19(24-21(26)23-14)15-10-12-17(13-11-15)22(2,3)4/h5-13,18-19H,1H2,2-4H3,(H2,23,24,26)/t18-,19+/m0/s1. The lowest BCUT2D eigenvalue weighted by Gasteiger charge is -2.34. The number of hydrogen-bond donors (Lipinski definition) is 2. The highest BCUT2D eigenvalue weighted by atomic mass is 16.2. The van der Waals surface area contributed by atoms with Crippen LogP contribution in [0.2, 0.25) is 0 Å². The molecular formula is C22H24N2O2. The molecule has 1 fully saturated rings. The van der Waals surface area contributed by atoms with Gasteiger partial charge in [0.2, 0.25) is 0 Å². The summed E-state index contributed by atoms with van der Waals surface area (Å²) in [5.41, 5.74) is 3.16. The molecule has 1 heterocycles. The van der Waals surface area contributed by atoms with Crippen LogP contribution in [0.5, 0.6) is 0 Å². The first-order valence-corrected chi connectivity index (χ1v) is 8.73. The number of carbonyl (C=O) groups excluding carboxylic acids is 2. The van der Waals surface area contributed by atoms with Crippen LogP contribution in [-0.2, 0) is 5.41 Å². The van der Waals surface area contributed by atoms with Gasteiger partial charge in [-0.2, -0.15) is 0 Å². The molecule has 1 aliphatic heterocycles. The van der Waals surface area contributed by atoms with Crippen LogP contribution < -0.4 is 10.6 Å². The molecule has 0 aliphatic carbocycles. The van der Waals surface area contributed by atoms with Crippen LogP contribution in [0.3, 0.4) is 0 Å². The van der Waals surface area contributed by atoms with Crippen molar-refractivity contribution in [3.05, 3.63) is 83.6 Å². The van der Waals surface area contributed by atoms with Crippen molar-refractivity contribution in [3.63, 3.8) is 0 Å². The second kappa shape index (κ2) is 6.79. The van der Waals surface area contributed by atoms with Crippen LogP contribution in [0.4, 0.5) is 4.79 Å². The van der Waals surface area contributed by atoms with E-state index < -0.39 is 12.0 Å². The van der Waals surface area contributed by atoms with Crippen LogP contribution in [0.1, 0.15) is 48.3 Å². The highest BCUT2D eigenvalue weighted by Gasteiger charge is 2.38. The Balaban J connectivity index is 1.97. The molecule has 2 aromatic rings. The van der Waals surface area contributed by atoms with Gasteiger partial charge in [0.15, 0.2) is 5.78 Å². The lowest BCUT2D eigenvalue weighted by Crippen LogP contribution is -2.50. The SMILES string of the molecule is C=C1NC(=O)N[C@H](c2ccc(C(C)(C)C)cc2)[C@H]1C(=O)c1ccccc1. The van der Waals surface area contributed by atoms with Crippen LogP contribution in [0.15, 0.2) is 66.9 Å². The molecule has 3 rings (SSSR count). The number of urea groups is 1. The lowest BCUT2D eigenvalue weighted by molar-refractivity contribution is 0.0905. The number of carbonyl (C=O) groups is 2. The fourth-order valence-corrected chi connectivity index (χ4v) is 3.24. The van der Waals surface area contributed by atoms with E-state index in [1.54, 1.807) is 12.1 Å². The maximum atomic E-state index is 13.1. The lowest BCUT2D eigenvalue weighted by atomic mass is 9.81. The van der Waals surface area contributed by atoms with E-state index in [1.165, 1.54) is 5.56 Å². The number of hydrogen-bond acceptors (Lipinski definition) is 2. The molecule has 0 saturated carbocycles. The highest BCUT2D eigenvalue weighted by molar-refractivity contribution is 6.01. The fourth-order valence-electron chi connectivity index (χ4n) is 3.24. The minimum Gasteiger partial charge on any atom is -0.330 e. The molecule has 0 spiro atoms. The smallest absolute Gasteiger partial charge is 0.319 e. The van der Waals surface area contributed by atoms with Gasteiger partial charge in [-0.15, -0.1) is 0 Å². The minimum absolute atomic E-state index is 0.0404. The molecule has 1 saturated heterocycles. The second-order valence-corrected chi connectivity index (χ2v) is 7.68.